The first-order chi connectivity index (χ1) is 9.28. The fourth-order valence-electron chi connectivity index (χ4n) is 3.20. The van der Waals surface area contributed by atoms with Crippen molar-refractivity contribution < 1.29 is 0 Å². The summed E-state index contributed by atoms with van der Waals surface area (Å²) in [5.74, 6) is 1.17. The van der Waals surface area contributed by atoms with Crippen LogP contribution >= 0.6 is 0 Å². The van der Waals surface area contributed by atoms with Gasteiger partial charge < -0.3 is 10.3 Å². The van der Waals surface area contributed by atoms with Gasteiger partial charge in [-0.25, -0.2) is 4.98 Å². The Bertz CT molecular complexity index is 642. The van der Waals surface area contributed by atoms with Gasteiger partial charge in [0.1, 0.15) is 5.82 Å². The maximum atomic E-state index is 5.91. The molecule has 0 amide bonds. The molecule has 1 saturated carbocycles. The summed E-state index contributed by atoms with van der Waals surface area (Å²) in [6, 6.07) is 6.09. The van der Waals surface area contributed by atoms with Gasteiger partial charge in [-0.15, -0.1) is 0 Å². The Morgan fingerprint density at radius 3 is 2.55 bits per heavy atom. The molecule has 1 aliphatic carbocycles. The maximum absolute atomic E-state index is 5.91. The molecule has 1 aromatic carbocycles. The first kappa shape index (κ1) is 13.5. The molecule has 20 heavy (non-hydrogen) atoms. The largest absolute Gasteiger partial charge is 0.399 e. The monoisotopic (exact) mass is 271 g/mol. The second-order valence-corrected chi connectivity index (χ2v) is 7.68. The third kappa shape index (κ3) is 2.19. The number of imidazole rings is 1. The van der Waals surface area contributed by atoms with E-state index in [0.717, 1.165) is 17.7 Å². The lowest BCUT2D eigenvalue weighted by molar-refractivity contribution is 0.131. The molecule has 0 spiro atoms. The average molecular weight is 271 g/mol. The van der Waals surface area contributed by atoms with Crippen molar-refractivity contribution in [2.75, 3.05) is 5.73 Å². The van der Waals surface area contributed by atoms with Crippen LogP contribution in [0.2, 0.25) is 0 Å². The number of rotatable bonds is 2. The summed E-state index contributed by atoms with van der Waals surface area (Å²) in [5, 5.41) is 0. The van der Waals surface area contributed by atoms with Gasteiger partial charge in [0.15, 0.2) is 0 Å². The Labute approximate surface area is 121 Å². The average Bonchev–Trinajstić information content (AvgIpc) is 2.65. The van der Waals surface area contributed by atoms with Gasteiger partial charge in [0, 0.05) is 17.6 Å². The van der Waals surface area contributed by atoms with Gasteiger partial charge in [-0.2, -0.15) is 0 Å². The Kier molecular flexibility index (Phi) is 2.86. The minimum Gasteiger partial charge on any atom is -0.399 e. The van der Waals surface area contributed by atoms with E-state index in [1.54, 1.807) is 0 Å². The van der Waals surface area contributed by atoms with Crippen molar-refractivity contribution in [1.29, 1.82) is 0 Å². The SMILES string of the molecule is CC1(Cn2c(C(C)(C)C)nc3cc(N)ccc32)CCC1. The van der Waals surface area contributed by atoms with Crippen LogP contribution in [-0.4, -0.2) is 9.55 Å². The van der Waals surface area contributed by atoms with E-state index in [-0.39, 0.29) is 5.41 Å². The van der Waals surface area contributed by atoms with Crippen LogP contribution in [0.25, 0.3) is 11.0 Å². The number of aromatic nitrogens is 2. The summed E-state index contributed by atoms with van der Waals surface area (Å²) >= 11 is 0. The number of fused-ring (bicyclic) bond motifs is 1. The number of nitrogen functional groups attached to an aromatic ring is 1. The van der Waals surface area contributed by atoms with Crippen LogP contribution in [-0.2, 0) is 12.0 Å². The summed E-state index contributed by atoms with van der Waals surface area (Å²) < 4.78 is 2.42. The summed E-state index contributed by atoms with van der Waals surface area (Å²) in [6.07, 6.45) is 4.01. The van der Waals surface area contributed by atoms with Crippen LogP contribution in [0.3, 0.4) is 0 Å². The van der Waals surface area contributed by atoms with E-state index in [2.05, 4.69) is 38.3 Å². The molecule has 1 heterocycles. The van der Waals surface area contributed by atoms with Gasteiger partial charge in [-0.1, -0.05) is 34.1 Å². The summed E-state index contributed by atoms with van der Waals surface area (Å²) in [4.78, 5) is 4.87. The number of nitrogens with zero attached hydrogens (tertiary/aromatic N) is 2. The van der Waals surface area contributed by atoms with Gasteiger partial charge in [0.25, 0.3) is 0 Å². The second-order valence-electron chi connectivity index (χ2n) is 7.68. The fourth-order valence-corrected chi connectivity index (χ4v) is 3.20. The van der Waals surface area contributed by atoms with Gasteiger partial charge in [-0.05, 0) is 36.5 Å². The molecule has 0 unspecified atom stereocenters. The van der Waals surface area contributed by atoms with Crippen molar-refractivity contribution in [3.8, 4) is 0 Å². The molecule has 3 nitrogen and oxygen atoms in total. The summed E-state index contributed by atoms with van der Waals surface area (Å²) in [6.45, 7) is 10.2. The molecule has 0 atom stereocenters. The van der Waals surface area contributed by atoms with Crippen LogP contribution < -0.4 is 5.73 Å². The molecule has 0 saturated heterocycles. The van der Waals surface area contributed by atoms with Crippen LogP contribution in [0.1, 0.15) is 52.8 Å². The van der Waals surface area contributed by atoms with E-state index in [4.69, 9.17) is 10.7 Å². The number of hydrogen-bond acceptors (Lipinski definition) is 2. The molecule has 1 aromatic heterocycles. The van der Waals surface area contributed by atoms with Crippen LogP contribution in [0, 0.1) is 5.41 Å². The lowest BCUT2D eigenvalue weighted by Gasteiger charge is -2.39. The van der Waals surface area contributed by atoms with E-state index in [1.807, 2.05) is 12.1 Å². The molecule has 0 radical (unpaired) electrons. The smallest absolute Gasteiger partial charge is 0.115 e. The highest BCUT2D eigenvalue weighted by Gasteiger charge is 2.34. The van der Waals surface area contributed by atoms with Gasteiger partial charge in [-0.3, -0.25) is 0 Å². The standard InChI is InChI=1S/C17H25N3/c1-16(2,3)15-19-13-10-12(18)6-7-14(13)20(15)11-17(4)8-5-9-17/h6-7,10H,5,8-9,11,18H2,1-4H3. The van der Waals surface area contributed by atoms with Crippen LogP contribution in [0.4, 0.5) is 5.69 Å². The Morgan fingerprint density at radius 2 is 2.00 bits per heavy atom. The Hall–Kier alpha value is -1.51. The minimum absolute atomic E-state index is 0.0495. The fraction of sp³-hybridized carbons (Fsp3) is 0.588. The highest BCUT2D eigenvalue weighted by molar-refractivity contribution is 5.80. The van der Waals surface area contributed by atoms with E-state index in [9.17, 15) is 0 Å². The zero-order valence-electron chi connectivity index (χ0n) is 13.0. The lowest BCUT2D eigenvalue weighted by Crippen LogP contribution is -2.33. The number of nitrogens with two attached hydrogens (primary N) is 1. The second kappa shape index (κ2) is 4.24. The Balaban J connectivity index is 2.15. The molecule has 3 heteroatoms. The molecule has 3 rings (SSSR count). The topological polar surface area (TPSA) is 43.8 Å². The summed E-state index contributed by atoms with van der Waals surface area (Å²) in [5.41, 5.74) is 9.43. The zero-order chi connectivity index (χ0) is 14.5. The predicted molar refractivity (Wildman–Crippen MR) is 84.8 cm³/mol. The molecular weight excluding hydrogens is 246 g/mol. The molecule has 0 bridgehead atoms. The quantitative estimate of drug-likeness (QED) is 0.835. The number of anilines is 1. The summed E-state index contributed by atoms with van der Waals surface area (Å²) in [7, 11) is 0. The van der Waals surface area contributed by atoms with Crippen molar-refractivity contribution in [3.63, 3.8) is 0 Å². The van der Waals surface area contributed by atoms with E-state index >= 15 is 0 Å². The first-order valence-corrected chi connectivity index (χ1v) is 7.55. The highest BCUT2D eigenvalue weighted by atomic mass is 15.1. The Morgan fingerprint density at radius 1 is 1.30 bits per heavy atom. The van der Waals surface area contributed by atoms with E-state index < -0.39 is 0 Å². The molecule has 108 valence electrons. The molecule has 2 N–H and O–H groups in total. The van der Waals surface area contributed by atoms with Gasteiger partial charge in [0.05, 0.1) is 11.0 Å². The predicted octanol–water partition coefficient (Wildman–Crippen LogP) is 4.11. The third-order valence-electron chi connectivity index (χ3n) is 4.54. The third-order valence-corrected chi connectivity index (χ3v) is 4.54. The van der Waals surface area contributed by atoms with Crippen LogP contribution in [0.5, 0.6) is 0 Å². The van der Waals surface area contributed by atoms with Crippen LogP contribution in [0.15, 0.2) is 18.2 Å². The molecular formula is C17H25N3. The van der Waals surface area contributed by atoms with E-state index in [0.29, 0.717) is 5.41 Å². The normalized spacial score (nSPS) is 18.2. The van der Waals surface area contributed by atoms with Gasteiger partial charge in [0.2, 0.25) is 0 Å². The van der Waals surface area contributed by atoms with Crippen molar-refractivity contribution in [2.24, 2.45) is 5.41 Å². The lowest BCUT2D eigenvalue weighted by atomic mass is 9.70. The number of hydrogen-bond donors (Lipinski definition) is 1. The molecule has 1 fully saturated rings. The first-order valence-electron chi connectivity index (χ1n) is 7.55. The number of benzene rings is 1. The highest BCUT2D eigenvalue weighted by Crippen LogP contribution is 2.43. The molecule has 1 aliphatic rings. The van der Waals surface area contributed by atoms with E-state index in [1.165, 1.54) is 30.6 Å². The zero-order valence-corrected chi connectivity index (χ0v) is 13.0. The molecule has 2 aromatic rings. The minimum atomic E-state index is 0.0495. The van der Waals surface area contributed by atoms with Crippen molar-refractivity contribution in [2.45, 2.75) is 58.9 Å². The maximum Gasteiger partial charge on any atom is 0.115 e. The van der Waals surface area contributed by atoms with Crippen molar-refractivity contribution in [1.82, 2.24) is 9.55 Å². The molecule has 0 aliphatic heterocycles. The van der Waals surface area contributed by atoms with Crippen molar-refractivity contribution in [3.05, 3.63) is 24.0 Å². The van der Waals surface area contributed by atoms with Crippen molar-refractivity contribution >= 4 is 16.7 Å². The van der Waals surface area contributed by atoms with Gasteiger partial charge >= 0.3 is 0 Å².